The molecule has 0 radical (unpaired) electrons. The Bertz CT molecular complexity index is 1340. The van der Waals surface area contributed by atoms with Gasteiger partial charge in [-0.15, -0.1) is 10.2 Å². The number of methoxy groups -OCH3 is 1. The Hall–Kier alpha value is -3.48. The van der Waals surface area contributed by atoms with Gasteiger partial charge in [0.2, 0.25) is 18.3 Å². The number of rotatable bonds is 7. The van der Waals surface area contributed by atoms with Gasteiger partial charge in [0.1, 0.15) is 17.1 Å². The molecule has 5 rings (SSSR count). The summed E-state index contributed by atoms with van der Waals surface area (Å²) in [5.41, 5.74) is 3.20. The monoisotopic (exact) mass is 478 g/mol. The number of halogens is 4. The topological polar surface area (TPSA) is 85.4 Å². The van der Waals surface area contributed by atoms with Gasteiger partial charge in [-0.25, -0.2) is 26.8 Å². The molecule has 180 valence electrons. The molecule has 1 saturated heterocycles. The molecule has 0 saturated carbocycles. The van der Waals surface area contributed by atoms with E-state index in [1.165, 1.54) is 21.2 Å². The molecule has 1 aromatic carbocycles. The second kappa shape index (κ2) is 8.38. The zero-order valence-electron chi connectivity index (χ0n) is 18.4. The first-order chi connectivity index (χ1) is 16.2. The number of hydrogen-bond acceptors (Lipinski definition) is 7. The van der Waals surface area contributed by atoms with Crippen LogP contribution in [0.15, 0.2) is 30.5 Å². The predicted molar refractivity (Wildman–Crippen MR) is 117 cm³/mol. The van der Waals surface area contributed by atoms with Crippen molar-refractivity contribution in [2.75, 3.05) is 32.6 Å². The maximum absolute atomic E-state index is 14.2. The van der Waals surface area contributed by atoms with Crippen molar-refractivity contribution in [3.05, 3.63) is 30.5 Å². The summed E-state index contributed by atoms with van der Waals surface area (Å²) in [5, 5.41) is 15.1. The van der Waals surface area contributed by atoms with Crippen LogP contribution in [0.3, 0.4) is 0 Å². The number of nitrogens with zero attached hydrogens (tertiary/aromatic N) is 7. The molecule has 1 fully saturated rings. The summed E-state index contributed by atoms with van der Waals surface area (Å²) in [5.74, 6) is -2.69. The number of benzene rings is 1. The van der Waals surface area contributed by atoms with E-state index in [-0.39, 0.29) is 37.9 Å². The Balaban J connectivity index is 1.51. The molecule has 0 aliphatic carbocycles. The number of nitrogens with one attached hydrogen (secondary N) is 1. The van der Waals surface area contributed by atoms with E-state index in [0.717, 1.165) is 11.1 Å². The maximum Gasteiger partial charge on any atom is 0.281 e. The second-order valence-corrected chi connectivity index (χ2v) is 8.32. The second-order valence-electron chi connectivity index (χ2n) is 8.32. The summed E-state index contributed by atoms with van der Waals surface area (Å²) in [7, 11) is 3.07. The quantitative estimate of drug-likeness (QED) is 0.409. The molecule has 9 nitrogen and oxygen atoms in total. The molecule has 1 N–H and O–H groups in total. The third-order valence-electron chi connectivity index (χ3n) is 5.84. The summed E-state index contributed by atoms with van der Waals surface area (Å²) in [6.07, 6.45) is -1.09. The van der Waals surface area contributed by atoms with Gasteiger partial charge in [-0.05, 0) is 30.8 Å². The van der Waals surface area contributed by atoms with Crippen LogP contribution in [0.5, 0.6) is 5.88 Å². The van der Waals surface area contributed by atoms with Crippen molar-refractivity contribution in [3.8, 4) is 17.0 Å². The van der Waals surface area contributed by atoms with E-state index in [4.69, 9.17) is 4.74 Å². The molecule has 34 heavy (non-hydrogen) atoms. The van der Waals surface area contributed by atoms with E-state index in [9.17, 15) is 17.6 Å². The number of likely N-dealkylation sites (tertiary alicyclic amines) is 1. The molecule has 0 spiro atoms. The molecule has 4 aromatic rings. The van der Waals surface area contributed by atoms with E-state index < -0.39 is 18.4 Å². The maximum atomic E-state index is 14.2. The van der Waals surface area contributed by atoms with Crippen molar-refractivity contribution in [3.63, 3.8) is 0 Å². The number of fused-ring (bicyclic) bond motifs is 2. The number of aromatic nitrogens is 6. The van der Waals surface area contributed by atoms with Gasteiger partial charge in [0, 0.05) is 31.3 Å². The number of likely N-dealkylation sites (N-methyl/N-ethyl adjacent to an activating group) is 1. The van der Waals surface area contributed by atoms with Crippen molar-refractivity contribution < 1.29 is 22.3 Å². The Labute approximate surface area is 191 Å². The van der Waals surface area contributed by atoms with Crippen molar-refractivity contribution in [2.24, 2.45) is 0 Å². The van der Waals surface area contributed by atoms with Crippen molar-refractivity contribution >= 4 is 22.5 Å². The molecule has 4 heterocycles. The summed E-state index contributed by atoms with van der Waals surface area (Å²) in [4.78, 5) is 5.86. The van der Waals surface area contributed by atoms with E-state index in [0.29, 0.717) is 16.6 Å². The van der Waals surface area contributed by atoms with Crippen LogP contribution < -0.4 is 10.1 Å². The largest absolute Gasteiger partial charge is 0.479 e. The Morgan fingerprint density at radius 3 is 2.79 bits per heavy atom. The van der Waals surface area contributed by atoms with Crippen molar-refractivity contribution in [1.29, 1.82) is 0 Å². The van der Waals surface area contributed by atoms with Gasteiger partial charge in [-0.3, -0.25) is 4.90 Å². The van der Waals surface area contributed by atoms with Gasteiger partial charge in [0.25, 0.3) is 5.92 Å². The zero-order valence-corrected chi connectivity index (χ0v) is 18.4. The van der Waals surface area contributed by atoms with Crippen LogP contribution in [0, 0.1) is 0 Å². The van der Waals surface area contributed by atoms with Gasteiger partial charge in [0.05, 0.1) is 19.2 Å². The third-order valence-corrected chi connectivity index (χ3v) is 5.84. The van der Waals surface area contributed by atoms with Crippen LogP contribution in [0.25, 0.3) is 27.7 Å². The summed E-state index contributed by atoms with van der Waals surface area (Å²) >= 11 is 0. The molecule has 3 aromatic heterocycles. The zero-order chi connectivity index (χ0) is 24.0. The van der Waals surface area contributed by atoms with Gasteiger partial charge >= 0.3 is 0 Å². The molecule has 1 unspecified atom stereocenters. The van der Waals surface area contributed by atoms with Crippen LogP contribution in [-0.2, 0) is 6.54 Å². The van der Waals surface area contributed by atoms with Gasteiger partial charge < -0.3 is 10.1 Å². The number of hydrogen-bond donors (Lipinski definition) is 1. The first-order valence-electron chi connectivity index (χ1n) is 10.6. The average molecular weight is 478 g/mol. The first-order valence-corrected chi connectivity index (χ1v) is 10.6. The fourth-order valence-corrected chi connectivity index (χ4v) is 4.23. The molecule has 1 aliphatic heterocycles. The number of ether oxygens (including phenoxy) is 1. The molecular formula is C21H22F4N8O. The lowest BCUT2D eigenvalue weighted by molar-refractivity contribution is 0.00582. The summed E-state index contributed by atoms with van der Waals surface area (Å²) in [6, 6.07) is 6.05. The molecule has 1 aliphatic rings. The van der Waals surface area contributed by atoms with Crippen LogP contribution >= 0.6 is 0 Å². The lowest BCUT2D eigenvalue weighted by Crippen LogP contribution is -2.38. The number of aryl methyl sites for hydroxylation is 1. The van der Waals surface area contributed by atoms with Crippen LogP contribution in [0.2, 0.25) is 0 Å². The van der Waals surface area contributed by atoms with Gasteiger partial charge in [-0.1, -0.05) is 11.3 Å². The fourth-order valence-electron chi connectivity index (χ4n) is 4.23. The molecule has 1 atom stereocenters. The number of alkyl halides is 4. The minimum Gasteiger partial charge on any atom is -0.479 e. The molecule has 0 amide bonds. The summed E-state index contributed by atoms with van der Waals surface area (Å²) in [6.45, 7) is -0.152. The van der Waals surface area contributed by atoms with E-state index >= 15 is 0 Å². The Morgan fingerprint density at radius 1 is 1.26 bits per heavy atom. The number of anilines is 1. The van der Waals surface area contributed by atoms with Crippen molar-refractivity contribution in [2.45, 2.75) is 31.4 Å². The smallest absolute Gasteiger partial charge is 0.281 e. The average Bonchev–Trinajstić information content (AvgIpc) is 3.46. The van der Waals surface area contributed by atoms with Gasteiger partial charge in [-0.2, -0.15) is 4.98 Å². The minimum absolute atomic E-state index is 0.0243. The lowest BCUT2D eigenvalue weighted by atomic mass is 10.1. The van der Waals surface area contributed by atoms with Crippen LogP contribution in [-0.4, -0.2) is 80.1 Å². The minimum atomic E-state index is -2.92. The highest BCUT2D eigenvalue weighted by atomic mass is 19.3. The Kier molecular flexibility index (Phi) is 5.50. The van der Waals surface area contributed by atoms with Crippen LogP contribution in [0.4, 0.5) is 23.5 Å². The van der Waals surface area contributed by atoms with Crippen LogP contribution in [0.1, 0.15) is 6.42 Å². The highest BCUT2D eigenvalue weighted by Gasteiger charge is 2.47. The van der Waals surface area contributed by atoms with Gasteiger partial charge in [0.15, 0.2) is 0 Å². The summed E-state index contributed by atoms with van der Waals surface area (Å²) < 4.78 is 62.2. The normalized spacial score (nSPS) is 18.4. The molecule has 0 bridgehead atoms. The first kappa shape index (κ1) is 22.3. The fraction of sp³-hybridized carbons (Fsp3) is 0.429. The van der Waals surface area contributed by atoms with E-state index in [1.54, 1.807) is 31.4 Å². The van der Waals surface area contributed by atoms with E-state index in [2.05, 4.69) is 25.7 Å². The standard InChI is InChI=1S/C21H22F4N8O/c1-31-10-16(21(24,25)11-31)26-20-27-19(34-2)18-13(5-7-33(18)29-20)12-3-4-14-15(9-12)32(30-28-14)8-6-17(22)23/h3-5,7,9,16-17H,6,8,10-11H2,1-2H3,(H,26,29). The Morgan fingerprint density at radius 2 is 2.09 bits per heavy atom. The highest BCUT2D eigenvalue weighted by molar-refractivity contribution is 5.89. The van der Waals surface area contributed by atoms with E-state index in [1.807, 2.05) is 6.07 Å². The van der Waals surface area contributed by atoms with Crippen molar-refractivity contribution in [1.82, 2.24) is 34.5 Å². The highest BCUT2D eigenvalue weighted by Crippen LogP contribution is 2.34. The molecule has 13 heteroatoms. The lowest BCUT2D eigenvalue weighted by Gasteiger charge is -2.19. The molecular weight excluding hydrogens is 456 g/mol. The SMILES string of the molecule is COc1nc(NC2CN(C)CC2(F)F)nn2ccc(-c3ccc4nnn(CCC(F)F)c4c3)c12. The third kappa shape index (κ3) is 4.00. The predicted octanol–water partition coefficient (Wildman–Crippen LogP) is 3.17.